The van der Waals surface area contributed by atoms with Crippen LogP contribution in [0.15, 0.2) is 0 Å². The van der Waals surface area contributed by atoms with Gasteiger partial charge in [0.25, 0.3) is 0 Å². The van der Waals surface area contributed by atoms with Crippen LogP contribution in [0.25, 0.3) is 0 Å². The van der Waals surface area contributed by atoms with Gasteiger partial charge in [0.2, 0.25) is 0 Å². The smallest absolute Gasteiger partial charge is 0.308 e. The van der Waals surface area contributed by atoms with Gasteiger partial charge in [-0.25, -0.2) is 0 Å². The van der Waals surface area contributed by atoms with Crippen LogP contribution in [0.3, 0.4) is 0 Å². The molecule has 6 atom stereocenters. The van der Waals surface area contributed by atoms with E-state index >= 15 is 0 Å². The average molecular weight is 298 g/mol. The van der Waals surface area contributed by atoms with E-state index in [1.54, 1.807) is 0 Å². The number of esters is 1. The van der Waals surface area contributed by atoms with Crippen molar-refractivity contribution in [3.63, 3.8) is 0 Å². The highest BCUT2D eigenvalue weighted by molar-refractivity contribution is 5.72. The first-order valence-corrected chi connectivity index (χ1v) is 7.84. The SMILES string of the molecule is COC(=O)[C@@H](C)[C@@H]1CC[C@@]2(C)CO[C@]3(C)[C@@H](CO)O[C@]23C1. The van der Waals surface area contributed by atoms with Gasteiger partial charge in [-0.3, -0.25) is 4.79 Å². The number of carbonyl (C=O) groups is 1. The molecule has 0 radical (unpaired) electrons. The highest BCUT2D eigenvalue weighted by Gasteiger charge is 2.77. The summed E-state index contributed by atoms with van der Waals surface area (Å²) < 4.78 is 17.2. The number of hydrogen-bond acceptors (Lipinski definition) is 5. The van der Waals surface area contributed by atoms with Gasteiger partial charge >= 0.3 is 5.97 Å². The molecule has 0 amide bonds. The largest absolute Gasteiger partial charge is 0.469 e. The fourth-order valence-electron chi connectivity index (χ4n) is 4.81. The van der Waals surface area contributed by atoms with Gasteiger partial charge in [0.15, 0.2) is 0 Å². The number of aliphatic hydroxyl groups is 1. The Bertz CT molecular complexity index is 452. The van der Waals surface area contributed by atoms with Gasteiger partial charge in [0, 0.05) is 5.41 Å². The number of hydrogen-bond donors (Lipinski definition) is 1. The second-order valence-electron chi connectivity index (χ2n) is 7.39. The maximum Gasteiger partial charge on any atom is 0.308 e. The molecule has 3 aliphatic rings. The normalized spacial score (nSPS) is 49.8. The van der Waals surface area contributed by atoms with E-state index in [0.29, 0.717) is 6.61 Å². The Morgan fingerprint density at radius 3 is 2.81 bits per heavy atom. The van der Waals surface area contributed by atoms with Gasteiger partial charge < -0.3 is 19.3 Å². The summed E-state index contributed by atoms with van der Waals surface area (Å²) in [5.41, 5.74) is -0.844. The van der Waals surface area contributed by atoms with E-state index in [4.69, 9.17) is 14.2 Å². The van der Waals surface area contributed by atoms with Crippen LogP contribution < -0.4 is 0 Å². The predicted molar refractivity (Wildman–Crippen MR) is 75.7 cm³/mol. The molecule has 0 unspecified atom stereocenters. The molecule has 0 aromatic heterocycles. The molecule has 1 N–H and O–H groups in total. The quantitative estimate of drug-likeness (QED) is 0.800. The van der Waals surface area contributed by atoms with Crippen LogP contribution in [0, 0.1) is 17.3 Å². The van der Waals surface area contributed by atoms with Crippen LogP contribution in [-0.2, 0) is 19.0 Å². The van der Waals surface area contributed by atoms with Crippen molar-refractivity contribution in [2.75, 3.05) is 20.3 Å². The van der Waals surface area contributed by atoms with Gasteiger partial charge in [-0.05, 0) is 32.1 Å². The number of aliphatic hydroxyl groups excluding tert-OH is 1. The van der Waals surface area contributed by atoms with Crippen LogP contribution in [0.4, 0.5) is 0 Å². The summed E-state index contributed by atoms with van der Waals surface area (Å²) in [6.07, 6.45) is 2.51. The van der Waals surface area contributed by atoms with Crippen LogP contribution >= 0.6 is 0 Å². The summed E-state index contributed by atoms with van der Waals surface area (Å²) in [5, 5.41) is 9.49. The molecular weight excluding hydrogens is 272 g/mol. The van der Waals surface area contributed by atoms with Gasteiger partial charge in [0.1, 0.15) is 17.3 Å². The Morgan fingerprint density at radius 2 is 2.19 bits per heavy atom. The van der Waals surface area contributed by atoms with E-state index in [1.807, 2.05) is 13.8 Å². The average Bonchev–Trinajstić information content (AvgIpc) is 2.65. The zero-order valence-corrected chi connectivity index (χ0v) is 13.3. The molecule has 0 bridgehead atoms. The van der Waals surface area contributed by atoms with Crippen molar-refractivity contribution in [2.24, 2.45) is 17.3 Å². The van der Waals surface area contributed by atoms with Crippen molar-refractivity contribution in [1.82, 2.24) is 0 Å². The molecule has 120 valence electrons. The monoisotopic (exact) mass is 298 g/mol. The molecule has 5 nitrogen and oxygen atoms in total. The summed E-state index contributed by atoms with van der Waals surface area (Å²) >= 11 is 0. The second kappa shape index (κ2) is 4.67. The summed E-state index contributed by atoms with van der Waals surface area (Å²) in [6.45, 7) is 6.84. The van der Waals surface area contributed by atoms with Gasteiger partial charge in [-0.2, -0.15) is 0 Å². The van der Waals surface area contributed by atoms with Gasteiger partial charge in [-0.15, -0.1) is 0 Å². The molecule has 0 aromatic carbocycles. The molecular formula is C16H26O5. The lowest BCUT2D eigenvalue weighted by Crippen LogP contribution is -2.77. The maximum atomic E-state index is 11.9. The van der Waals surface area contributed by atoms with E-state index in [1.165, 1.54) is 7.11 Å². The second-order valence-corrected chi connectivity index (χ2v) is 7.39. The molecule has 2 heterocycles. The van der Waals surface area contributed by atoms with Crippen molar-refractivity contribution in [3.8, 4) is 0 Å². The molecule has 3 fully saturated rings. The van der Waals surface area contributed by atoms with E-state index in [9.17, 15) is 9.90 Å². The van der Waals surface area contributed by atoms with Crippen LogP contribution in [0.5, 0.6) is 0 Å². The van der Waals surface area contributed by atoms with E-state index in [0.717, 1.165) is 19.3 Å². The molecule has 5 heteroatoms. The Morgan fingerprint density at radius 1 is 1.48 bits per heavy atom. The lowest BCUT2D eigenvalue weighted by Gasteiger charge is -2.64. The highest BCUT2D eigenvalue weighted by atomic mass is 16.6. The molecule has 1 aliphatic carbocycles. The molecule has 21 heavy (non-hydrogen) atoms. The van der Waals surface area contributed by atoms with Crippen LogP contribution in [0.2, 0.25) is 0 Å². The lowest BCUT2D eigenvalue weighted by atomic mass is 9.52. The third kappa shape index (κ3) is 1.71. The van der Waals surface area contributed by atoms with Crippen molar-refractivity contribution in [3.05, 3.63) is 0 Å². The summed E-state index contributed by atoms with van der Waals surface area (Å²) in [7, 11) is 1.44. The highest BCUT2D eigenvalue weighted by Crippen LogP contribution is 2.67. The van der Waals surface area contributed by atoms with E-state index in [2.05, 4.69) is 6.92 Å². The summed E-state index contributed by atoms with van der Waals surface area (Å²) in [6, 6.07) is 0. The fraction of sp³-hybridized carbons (Fsp3) is 0.938. The molecule has 1 saturated carbocycles. The van der Waals surface area contributed by atoms with Crippen molar-refractivity contribution in [1.29, 1.82) is 0 Å². The molecule has 2 aliphatic heterocycles. The first-order valence-electron chi connectivity index (χ1n) is 7.84. The zero-order chi connectivity index (χ0) is 15.5. The number of carbonyl (C=O) groups excluding carboxylic acids is 1. The first-order chi connectivity index (χ1) is 9.83. The Labute approximate surface area is 125 Å². The van der Waals surface area contributed by atoms with Crippen molar-refractivity contribution >= 4 is 5.97 Å². The van der Waals surface area contributed by atoms with Crippen LogP contribution in [0.1, 0.15) is 40.0 Å². The maximum absolute atomic E-state index is 11.9. The van der Waals surface area contributed by atoms with Crippen molar-refractivity contribution in [2.45, 2.75) is 57.3 Å². The van der Waals surface area contributed by atoms with Crippen LogP contribution in [-0.4, -0.2) is 48.7 Å². The summed E-state index contributed by atoms with van der Waals surface area (Å²) in [4.78, 5) is 11.9. The van der Waals surface area contributed by atoms with Gasteiger partial charge in [0.05, 0.1) is 26.2 Å². The topological polar surface area (TPSA) is 65.0 Å². The third-order valence-electron chi connectivity index (χ3n) is 6.49. The first kappa shape index (κ1) is 15.3. The zero-order valence-electron chi connectivity index (χ0n) is 13.3. The fourth-order valence-corrected chi connectivity index (χ4v) is 4.81. The van der Waals surface area contributed by atoms with E-state index < -0.39 is 5.60 Å². The predicted octanol–water partition coefficient (Wildman–Crippen LogP) is 1.52. The Balaban J connectivity index is 1.86. The molecule has 3 rings (SSSR count). The minimum atomic E-state index is -0.439. The number of ether oxygens (including phenoxy) is 3. The van der Waals surface area contributed by atoms with Crippen molar-refractivity contribution < 1.29 is 24.1 Å². The van der Waals surface area contributed by atoms with E-state index in [-0.39, 0.29) is 41.5 Å². The molecule has 2 saturated heterocycles. The van der Waals surface area contributed by atoms with Gasteiger partial charge in [-0.1, -0.05) is 13.8 Å². The minimum absolute atomic E-state index is 0.0223. The number of methoxy groups -OCH3 is 1. The number of rotatable bonds is 3. The third-order valence-corrected chi connectivity index (χ3v) is 6.49. The standard InChI is InChI=1S/C16H26O5/c1-10(13(18)19-4)11-5-6-14(2)9-20-15(3)12(8-17)21-16(14,15)7-11/h10-12,17H,5-9H2,1-4H3/t10-,11+,12+,14-,15+,16+/m0/s1. The summed E-state index contributed by atoms with van der Waals surface area (Å²) in [5.74, 6) is -0.0413. The lowest BCUT2D eigenvalue weighted by molar-refractivity contribution is -0.357. The Kier molecular flexibility index (Phi) is 3.39. The minimum Gasteiger partial charge on any atom is -0.469 e. The Hall–Kier alpha value is -0.650. The molecule has 1 spiro atoms. The molecule has 0 aromatic rings.